The van der Waals surface area contributed by atoms with Crippen LogP contribution in [0.25, 0.3) is 0 Å². The van der Waals surface area contributed by atoms with Crippen LogP contribution in [0.1, 0.15) is 28.0 Å². The van der Waals surface area contributed by atoms with Gasteiger partial charge in [-0.1, -0.05) is 0 Å². The number of aromatic amines is 1. The molecule has 1 aromatic heterocycles. The van der Waals surface area contributed by atoms with Crippen molar-refractivity contribution < 1.29 is 13.6 Å². The Balaban J connectivity index is 3.40. The number of alkyl halides is 2. The number of H-pyrrole nitrogens is 1. The molecule has 0 saturated heterocycles. The summed E-state index contributed by atoms with van der Waals surface area (Å²) in [7, 11) is 0. The third-order valence-corrected chi connectivity index (χ3v) is 1.91. The fourth-order valence-electron chi connectivity index (χ4n) is 1.08. The van der Waals surface area contributed by atoms with E-state index in [2.05, 4.69) is 0 Å². The van der Waals surface area contributed by atoms with Crippen LogP contribution in [-0.2, 0) is 0 Å². The van der Waals surface area contributed by atoms with E-state index in [-0.39, 0.29) is 11.3 Å². The first kappa shape index (κ1) is 10.8. The highest BCUT2D eigenvalue weighted by Crippen LogP contribution is 2.18. The van der Waals surface area contributed by atoms with Crippen LogP contribution in [-0.4, -0.2) is 10.2 Å². The summed E-state index contributed by atoms with van der Waals surface area (Å²) in [5, 5.41) is -0.883. The van der Waals surface area contributed by atoms with Gasteiger partial charge in [0.05, 0.1) is 5.56 Å². The summed E-state index contributed by atoms with van der Waals surface area (Å²) in [6.07, 6.45) is -2.86. The van der Waals surface area contributed by atoms with Crippen molar-refractivity contribution in [2.24, 2.45) is 0 Å². The molecule has 1 heterocycles. The molecule has 0 fully saturated rings. The number of aryl methyl sites for hydroxylation is 1. The third kappa shape index (κ3) is 1.98. The molecule has 0 spiro atoms. The summed E-state index contributed by atoms with van der Waals surface area (Å²) in [4.78, 5) is 23.7. The second kappa shape index (κ2) is 3.88. The smallest absolute Gasteiger partial charge is 0.269 e. The van der Waals surface area contributed by atoms with Crippen LogP contribution < -0.4 is 5.56 Å². The molecule has 6 heteroatoms. The molecule has 1 rings (SSSR count). The summed E-state index contributed by atoms with van der Waals surface area (Å²) in [5.74, 6) is 0. The molecule has 0 aromatic carbocycles. The van der Waals surface area contributed by atoms with Gasteiger partial charge in [-0.3, -0.25) is 9.59 Å². The van der Waals surface area contributed by atoms with Gasteiger partial charge in [0.2, 0.25) is 0 Å². The van der Waals surface area contributed by atoms with E-state index in [0.29, 0.717) is 0 Å². The summed E-state index contributed by atoms with van der Waals surface area (Å²) < 4.78 is 24.6. The van der Waals surface area contributed by atoms with Crippen LogP contribution in [0.4, 0.5) is 8.78 Å². The minimum absolute atomic E-state index is 0.0488. The number of pyridine rings is 1. The fourth-order valence-corrected chi connectivity index (χ4v) is 1.18. The summed E-state index contributed by atoms with van der Waals surface area (Å²) >= 11 is 5.08. The van der Waals surface area contributed by atoms with E-state index >= 15 is 0 Å². The number of nitrogens with one attached hydrogen (secondary N) is 1. The van der Waals surface area contributed by atoms with E-state index in [9.17, 15) is 18.4 Å². The highest BCUT2D eigenvalue weighted by atomic mass is 35.5. The number of carbonyl (C=O) groups excluding carboxylic acids is 1. The van der Waals surface area contributed by atoms with Gasteiger partial charge in [0, 0.05) is 0 Å². The molecule has 14 heavy (non-hydrogen) atoms. The Hall–Kier alpha value is -1.23. The van der Waals surface area contributed by atoms with Gasteiger partial charge in [0.25, 0.3) is 17.2 Å². The maximum Gasteiger partial charge on any atom is 0.269 e. The Morgan fingerprint density at radius 2 is 2.14 bits per heavy atom. The maximum atomic E-state index is 12.3. The van der Waals surface area contributed by atoms with E-state index in [4.69, 9.17) is 11.6 Å². The van der Waals surface area contributed by atoms with Crippen molar-refractivity contribution in [1.29, 1.82) is 0 Å². The lowest BCUT2D eigenvalue weighted by atomic mass is 10.1. The monoisotopic (exact) mass is 221 g/mol. The molecule has 0 aliphatic rings. The standard InChI is InChI=1S/C8H6ClF2NO2/c1-3-2-4(6(9)13)12-8(14)5(3)7(10)11/h2,7H,1H3,(H,12,14). The summed E-state index contributed by atoms with van der Waals surface area (Å²) in [6.45, 7) is 1.32. The van der Waals surface area contributed by atoms with Gasteiger partial charge in [-0.15, -0.1) is 0 Å². The molecule has 0 bridgehead atoms. The summed E-state index contributed by atoms with van der Waals surface area (Å²) in [5.41, 5.74) is -1.75. The molecular formula is C8H6ClF2NO2. The lowest BCUT2D eigenvalue weighted by Gasteiger charge is -2.04. The number of rotatable bonds is 2. The molecule has 0 aliphatic carbocycles. The Kier molecular flexibility index (Phi) is 3.00. The van der Waals surface area contributed by atoms with Crippen molar-refractivity contribution in [3.05, 3.63) is 33.2 Å². The predicted molar refractivity (Wildman–Crippen MR) is 46.9 cm³/mol. The van der Waals surface area contributed by atoms with Gasteiger partial charge in [0.1, 0.15) is 5.69 Å². The Morgan fingerprint density at radius 3 is 2.50 bits per heavy atom. The van der Waals surface area contributed by atoms with E-state index < -0.39 is 22.8 Å². The molecule has 1 aromatic rings. The van der Waals surface area contributed by atoms with Gasteiger partial charge < -0.3 is 4.98 Å². The quantitative estimate of drug-likeness (QED) is 0.777. The maximum absolute atomic E-state index is 12.3. The molecular weight excluding hydrogens is 216 g/mol. The zero-order chi connectivity index (χ0) is 10.9. The number of hydrogen-bond acceptors (Lipinski definition) is 2. The zero-order valence-corrected chi connectivity index (χ0v) is 7.86. The normalized spacial score (nSPS) is 10.6. The lowest BCUT2D eigenvalue weighted by Crippen LogP contribution is -2.18. The third-order valence-electron chi connectivity index (χ3n) is 1.71. The first-order chi connectivity index (χ1) is 6.43. The SMILES string of the molecule is Cc1cc(C(=O)Cl)[nH]c(=O)c1C(F)F. The fraction of sp³-hybridized carbons (Fsp3) is 0.250. The predicted octanol–water partition coefficient (Wildman–Crippen LogP) is 2.00. The number of halogens is 3. The van der Waals surface area contributed by atoms with Gasteiger partial charge in [-0.25, -0.2) is 8.78 Å². The highest BCUT2D eigenvalue weighted by Gasteiger charge is 2.17. The van der Waals surface area contributed by atoms with Gasteiger partial charge in [-0.2, -0.15) is 0 Å². The summed E-state index contributed by atoms with van der Waals surface area (Å²) in [6, 6.07) is 1.12. The lowest BCUT2D eigenvalue weighted by molar-refractivity contribution is 0.107. The van der Waals surface area contributed by atoms with Crippen LogP contribution in [0, 0.1) is 6.92 Å². The molecule has 0 unspecified atom stereocenters. The van der Waals surface area contributed by atoms with Gasteiger partial charge in [-0.05, 0) is 30.2 Å². The number of aromatic nitrogens is 1. The van der Waals surface area contributed by atoms with Crippen LogP contribution >= 0.6 is 11.6 Å². The Labute approximate surface area is 82.7 Å². The van der Waals surface area contributed by atoms with Crippen molar-refractivity contribution in [2.75, 3.05) is 0 Å². The van der Waals surface area contributed by atoms with Crippen molar-refractivity contribution >= 4 is 16.8 Å². The first-order valence-corrected chi connectivity index (χ1v) is 4.03. The van der Waals surface area contributed by atoms with Crippen LogP contribution in [0.15, 0.2) is 10.9 Å². The van der Waals surface area contributed by atoms with Crippen molar-refractivity contribution in [2.45, 2.75) is 13.3 Å². The van der Waals surface area contributed by atoms with E-state index in [1.165, 1.54) is 6.92 Å². The average molecular weight is 222 g/mol. The molecule has 0 saturated carbocycles. The number of hydrogen-bond donors (Lipinski definition) is 1. The molecule has 0 atom stereocenters. The highest BCUT2D eigenvalue weighted by molar-refractivity contribution is 6.67. The van der Waals surface area contributed by atoms with Crippen LogP contribution in [0.5, 0.6) is 0 Å². The largest absolute Gasteiger partial charge is 0.318 e. The topological polar surface area (TPSA) is 49.9 Å². The second-order valence-corrected chi connectivity index (χ2v) is 3.03. The molecule has 76 valence electrons. The van der Waals surface area contributed by atoms with E-state index in [0.717, 1.165) is 6.07 Å². The molecule has 3 nitrogen and oxygen atoms in total. The van der Waals surface area contributed by atoms with Crippen molar-refractivity contribution in [1.82, 2.24) is 4.98 Å². The van der Waals surface area contributed by atoms with Crippen LogP contribution in [0.2, 0.25) is 0 Å². The Bertz CT molecular complexity index is 428. The van der Waals surface area contributed by atoms with E-state index in [1.54, 1.807) is 0 Å². The van der Waals surface area contributed by atoms with E-state index in [1.807, 2.05) is 4.98 Å². The first-order valence-electron chi connectivity index (χ1n) is 3.65. The molecule has 0 radical (unpaired) electrons. The van der Waals surface area contributed by atoms with Crippen molar-refractivity contribution in [3.8, 4) is 0 Å². The molecule has 0 aliphatic heterocycles. The molecule has 1 N–H and O–H groups in total. The van der Waals surface area contributed by atoms with Crippen molar-refractivity contribution in [3.63, 3.8) is 0 Å². The number of carbonyl (C=O) groups is 1. The minimum atomic E-state index is -2.86. The van der Waals surface area contributed by atoms with Crippen LogP contribution in [0.3, 0.4) is 0 Å². The second-order valence-electron chi connectivity index (χ2n) is 2.68. The van der Waals surface area contributed by atoms with Gasteiger partial charge >= 0.3 is 0 Å². The average Bonchev–Trinajstić information content (AvgIpc) is 2.01. The Morgan fingerprint density at radius 1 is 1.57 bits per heavy atom. The minimum Gasteiger partial charge on any atom is -0.318 e. The zero-order valence-electron chi connectivity index (χ0n) is 7.11. The van der Waals surface area contributed by atoms with Gasteiger partial charge in [0.15, 0.2) is 0 Å². The molecule has 0 amide bonds.